The number of nitrogens with zero attached hydrogens (tertiary/aromatic N) is 2. The minimum Gasteiger partial charge on any atom is -0.423 e. The summed E-state index contributed by atoms with van der Waals surface area (Å²) < 4.78 is 10.8. The highest BCUT2D eigenvalue weighted by Gasteiger charge is 2.39. The molecule has 1 aliphatic heterocycles. The SMILES string of the molecule is CC1OCCC1(O)CNc1nc2ccc([N+](=O)[O-])cc2o1. The number of hydrogen-bond donors (Lipinski definition) is 2. The molecule has 2 unspecified atom stereocenters. The predicted molar refractivity (Wildman–Crippen MR) is 74.1 cm³/mol. The van der Waals surface area contributed by atoms with E-state index in [9.17, 15) is 15.2 Å². The Morgan fingerprint density at radius 2 is 2.43 bits per heavy atom. The summed E-state index contributed by atoms with van der Waals surface area (Å²) in [6.07, 6.45) is 0.267. The Hall–Kier alpha value is -2.19. The number of anilines is 1. The van der Waals surface area contributed by atoms with Crippen LogP contribution >= 0.6 is 0 Å². The van der Waals surface area contributed by atoms with E-state index in [0.717, 1.165) is 0 Å². The van der Waals surface area contributed by atoms with Crippen molar-refractivity contribution >= 4 is 22.8 Å². The fraction of sp³-hybridized carbons (Fsp3) is 0.462. The molecule has 3 rings (SSSR count). The van der Waals surface area contributed by atoms with Gasteiger partial charge in [0, 0.05) is 19.1 Å². The molecule has 0 saturated carbocycles. The van der Waals surface area contributed by atoms with Crippen LogP contribution in [-0.4, -0.2) is 39.9 Å². The highest BCUT2D eigenvalue weighted by atomic mass is 16.6. The number of benzene rings is 1. The maximum absolute atomic E-state index is 10.7. The molecule has 0 spiro atoms. The largest absolute Gasteiger partial charge is 0.423 e. The Balaban J connectivity index is 1.77. The zero-order valence-electron chi connectivity index (χ0n) is 11.4. The molecule has 21 heavy (non-hydrogen) atoms. The van der Waals surface area contributed by atoms with E-state index in [4.69, 9.17) is 9.15 Å². The number of nitro benzene ring substituents is 1. The molecule has 2 atom stereocenters. The van der Waals surface area contributed by atoms with Crippen molar-refractivity contribution in [2.45, 2.75) is 25.0 Å². The van der Waals surface area contributed by atoms with Gasteiger partial charge in [-0.15, -0.1) is 0 Å². The van der Waals surface area contributed by atoms with E-state index in [1.165, 1.54) is 18.2 Å². The van der Waals surface area contributed by atoms with Gasteiger partial charge >= 0.3 is 0 Å². The molecular formula is C13H15N3O5. The number of nitrogens with one attached hydrogen (secondary N) is 1. The molecule has 2 heterocycles. The molecule has 8 heteroatoms. The van der Waals surface area contributed by atoms with Crippen molar-refractivity contribution in [3.63, 3.8) is 0 Å². The van der Waals surface area contributed by atoms with Crippen molar-refractivity contribution in [3.05, 3.63) is 28.3 Å². The quantitative estimate of drug-likeness (QED) is 0.651. The summed E-state index contributed by atoms with van der Waals surface area (Å²) in [6.45, 7) is 2.56. The maximum atomic E-state index is 10.7. The number of aliphatic hydroxyl groups is 1. The van der Waals surface area contributed by atoms with Crippen LogP contribution in [0.2, 0.25) is 0 Å². The van der Waals surface area contributed by atoms with Gasteiger partial charge in [0.1, 0.15) is 11.1 Å². The highest BCUT2D eigenvalue weighted by Crippen LogP contribution is 2.27. The molecule has 1 aromatic carbocycles. The van der Waals surface area contributed by atoms with Gasteiger partial charge in [-0.1, -0.05) is 0 Å². The molecule has 2 aromatic rings. The molecule has 112 valence electrons. The van der Waals surface area contributed by atoms with Crippen molar-refractivity contribution < 1.29 is 19.2 Å². The first kappa shape index (κ1) is 13.8. The van der Waals surface area contributed by atoms with Gasteiger partial charge in [0.05, 0.1) is 23.6 Å². The summed E-state index contributed by atoms with van der Waals surface area (Å²) in [7, 11) is 0. The van der Waals surface area contributed by atoms with Crippen LogP contribution in [0.3, 0.4) is 0 Å². The van der Waals surface area contributed by atoms with E-state index in [-0.39, 0.29) is 24.4 Å². The topological polar surface area (TPSA) is 111 Å². The summed E-state index contributed by atoms with van der Waals surface area (Å²) in [5.41, 5.74) is -0.172. The first-order chi connectivity index (χ1) is 9.98. The number of nitro groups is 1. The Morgan fingerprint density at radius 3 is 3.10 bits per heavy atom. The van der Waals surface area contributed by atoms with Crippen molar-refractivity contribution in [2.24, 2.45) is 0 Å². The Labute approximate surface area is 119 Å². The number of hydrogen-bond acceptors (Lipinski definition) is 7. The summed E-state index contributed by atoms with van der Waals surface area (Å²) in [4.78, 5) is 14.4. The van der Waals surface area contributed by atoms with Gasteiger partial charge in [-0.25, -0.2) is 0 Å². The number of fused-ring (bicyclic) bond motifs is 1. The molecule has 1 aromatic heterocycles. The van der Waals surface area contributed by atoms with Crippen LogP contribution in [0.15, 0.2) is 22.6 Å². The molecule has 1 fully saturated rings. The number of ether oxygens (including phenoxy) is 1. The van der Waals surface area contributed by atoms with E-state index in [0.29, 0.717) is 24.1 Å². The number of non-ortho nitro benzene ring substituents is 1. The molecule has 0 amide bonds. The van der Waals surface area contributed by atoms with Gasteiger partial charge in [0.25, 0.3) is 11.7 Å². The lowest BCUT2D eigenvalue weighted by Gasteiger charge is -2.25. The van der Waals surface area contributed by atoms with E-state index < -0.39 is 10.5 Å². The molecule has 1 saturated heterocycles. The first-order valence-corrected chi connectivity index (χ1v) is 6.61. The summed E-state index contributed by atoms with van der Waals surface area (Å²) in [6, 6.07) is 4.44. The van der Waals surface area contributed by atoms with Crippen LogP contribution in [0.25, 0.3) is 11.1 Å². The molecule has 2 N–H and O–H groups in total. The fourth-order valence-electron chi connectivity index (χ4n) is 2.33. The smallest absolute Gasteiger partial charge is 0.295 e. The van der Waals surface area contributed by atoms with Crippen LogP contribution in [0.5, 0.6) is 0 Å². The van der Waals surface area contributed by atoms with Gasteiger partial charge in [-0.2, -0.15) is 4.98 Å². The van der Waals surface area contributed by atoms with E-state index in [1.807, 2.05) is 6.92 Å². The first-order valence-electron chi connectivity index (χ1n) is 6.61. The Bertz CT molecular complexity index is 685. The van der Waals surface area contributed by atoms with Crippen LogP contribution in [-0.2, 0) is 4.74 Å². The lowest BCUT2D eigenvalue weighted by Crippen LogP contribution is -2.43. The second kappa shape index (κ2) is 4.97. The van der Waals surface area contributed by atoms with E-state index in [2.05, 4.69) is 10.3 Å². The average Bonchev–Trinajstić information content (AvgIpc) is 3.00. The molecule has 8 nitrogen and oxygen atoms in total. The van der Waals surface area contributed by atoms with Crippen molar-refractivity contribution in [1.29, 1.82) is 0 Å². The Kier molecular flexibility index (Phi) is 3.26. The van der Waals surface area contributed by atoms with Gasteiger partial charge in [-0.05, 0) is 13.0 Å². The third-order valence-electron chi connectivity index (χ3n) is 3.79. The van der Waals surface area contributed by atoms with Gasteiger partial charge in [0.2, 0.25) is 0 Å². The third-order valence-corrected chi connectivity index (χ3v) is 3.79. The summed E-state index contributed by atoms with van der Waals surface area (Å²) >= 11 is 0. The summed E-state index contributed by atoms with van der Waals surface area (Å²) in [5, 5.41) is 24.0. The zero-order valence-corrected chi connectivity index (χ0v) is 11.4. The second-order valence-electron chi connectivity index (χ2n) is 5.15. The van der Waals surface area contributed by atoms with Crippen molar-refractivity contribution in [3.8, 4) is 0 Å². The maximum Gasteiger partial charge on any atom is 0.295 e. The van der Waals surface area contributed by atoms with Gasteiger partial charge in [0.15, 0.2) is 5.58 Å². The van der Waals surface area contributed by atoms with Gasteiger partial charge < -0.3 is 19.6 Å². The standard InChI is InChI=1S/C13H15N3O5/c1-8-13(17,4-5-20-8)7-14-12-15-10-3-2-9(16(18)19)6-11(10)21-12/h2-3,6,8,17H,4-5,7H2,1H3,(H,14,15). The van der Waals surface area contributed by atoms with Crippen LogP contribution in [0.4, 0.5) is 11.7 Å². The van der Waals surface area contributed by atoms with Crippen molar-refractivity contribution in [2.75, 3.05) is 18.5 Å². The van der Waals surface area contributed by atoms with Crippen LogP contribution < -0.4 is 5.32 Å². The monoisotopic (exact) mass is 293 g/mol. The van der Waals surface area contributed by atoms with Gasteiger partial charge in [-0.3, -0.25) is 10.1 Å². The molecule has 0 bridgehead atoms. The lowest BCUT2D eigenvalue weighted by molar-refractivity contribution is -0.384. The highest BCUT2D eigenvalue weighted by molar-refractivity contribution is 5.77. The minimum atomic E-state index is -0.966. The fourth-order valence-corrected chi connectivity index (χ4v) is 2.33. The number of oxazole rings is 1. The van der Waals surface area contributed by atoms with E-state index in [1.54, 1.807) is 0 Å². The lowest BCUT2D eigenvalue weighted by atomic mass is 9.97. The second-order valence-corrected chi connectivity index (χ2v) is 5.15. The number of aromatic nitrogens is 1. The molecule has 1 aliphatic rings. The molecular weight excluding hydrogens is 278 g/mol. The Morgan fingerprint density at radius 1 is 1.62 bits per heavy atom. The van der Waals surface area contributed by atoms with Crippen LogP contribution in [0.1, 0.15) is 13.3 Å². The average molecular weight is 293 g/mol. The molecule has 0 radical (unpaired) electrons. The zero-order chi connectivity index (χ0) is 15.0. The third kappa shape index (κ3) is 2.55. The summed E-state index contributed by atoms with van der Waals surface area (Å²) in [5.74, 6) is 0. The van der Waals surface area contributed by atoms with Crippen molar-refractivity contribution in [1.82, 2.24) is 4.98 Å². The van der Waals surface area contributed by atoms with Crippen LogP contribution in [0, 0.1) is 10.1 Å². The molecule has 0 aliphatic carbocycles. The predicted octanol–water partition coefficient (Wildman–Crippen LogP) is 1.69. The number of rotatable bonds is 4. The minimum absolute atomic E-state index is 0.0540. The van der Waals surface area contributed by atoms with E-state index >= 15 is 0 Å². The normalized spacial score (nSPS) is 25.3.